The summed E-state index contributed by atoms with van der Waals surface area (Å²) in [5.74, 6) is 0.387. The maximum atomic E-state index is 11.3. The molecule has 0 spiro atoms. The number of carbonyl (C=O) groups is 1. The molecule has 0 aliphatic carbocycles. The van der Waals surface area contributed by atoms with E-state index in [4.69, 9.17) is 9.47 Å². The molecule has 4 nitrogen and oxygen atoms in total. The standard InChI is InChI=1S/C17H16O4S/c1-17(2,16(18)19)21-13-9-5-7-11-10-6-4-8-12(20-3)14(10)22-15(11)13/h4-9H,1-3H3,(H,18,19). The SMILES string of the molecule is COc1cccc2c1sc1c(OC(C)(C)C(=O)O)cccc12. The molecule has 22 heavy (non-hydrogen) atoms. The minimum absolute atomic E-state index is 0.577. The lowest BCUT2D eigenvalue weighted by atomic mass is 10.1. The van der Waals surface area contributed by atoms with Gasteiger partial charge < -0.3 is 14.6 Å². The monoisotopic (exact) mass is 316 g/mol. The van der Waals surface area contributed by atoms with Crippen LogP contribution in [0.1, 0.15) is 13.8 Å². The van der Waals surface area contributed by atoms with Gasteiger partial charge in [0.1, 0.15) is 11.5 Å². The zero-order chi connectivity index (χ0) is 15.9. The van der Waals surface area contributed by atoms with Crippen LogP contribution in [0.3, 0.4) is 0 Å². The molecule has 0 atom stereocenters. The molecule has 1 aromatic heterocycles. The molecule has 1 N–H and O–H groups in total. The molecule has 3 aromatic rings. The molecule has 5 heteroatoms. The molecular formula is C17H16O4S. The van der Waals surface area contributed by atoms with E-state index in [0.717, 1.165) is 25.9 Å². The van der Waals surface area contributed by atoms with Gasteiger partial charge in [-0.25, -0.2) is 4.79 Å². The average molecular weight is 316 g/mol. The number of fused-ring (bicyclic) bond motifs is 3. The van der Waals surface area contributed by atoms with Crippen LogP contribution in [0.15, 0.2) is 36.4 Å². The van der Waals surface area contributed by atoms with Crippen LogP contribution in [-0.4, -0.2) is 23.8 Å². The Morgan fingerprint density at radius 3 is 2.14 bits per heavy atom. The third-order valence-electron chi connectivity index (χ3n) is 3.55. The second-order valence-corrected chi connectivity index (χ2v) is 6.51. The number of carboxylic acids is 1. The molecule has 0 fully saturated rings. The van der Waals surface area contributed by atoms with Crippen molar-refractivity contribution in [2.45, 2.75) is 19.4 Å². The van der Waals surface area contributed by atoms with Crippen LogP contribution in [0.5, 0.6) is 11.5 Å². The fraction of sp³-hybridized carbons (Fsp3) is 0.235. The lowest BCUT2D eigenvalue weighted by molar-refractivity contribution is -0.152. The molecule has 0 saturated heterocycles. The van der Waals surface area contributed by atoms with Crippen molar-refractivity contribution in [2.24, 2.45) is 0 Å². The predicted octanol–water partition coefficient (Wildman–Crippen LogP) is 4.31. The normalized spacial score (nSPS) is 11.8. The van der Waals surface area contributed by atoms with Gasteiger partial charge in [0.05, 0.1) is 16.5 Å². The summed E-state index contributed by atoms with van der Waals surface area (Å²) in [5, 5.41) is 11.4. The van der Waals surface area contributed by atoms with E-state index in [0.29, 0.717) is 5.75 Å². The van der Waals surface area contributed by atoms with Crippen molar-refractivity contribution in [1.29, 1.82) is 0 Å². The maximum Gasteiger partial charge on any atom is 0.347 e. The molecule has 0 amide bonds. The molecule has 1 heterocycles. The summed E-state index contributed by atoms with van der Waals surface area (Å²) in [4.78, 5) is 11.3. The van der Waals surface area contributed by atoms with Crippen LogP contribution in [0.2, 0.25) is 0 Å². The molecule has 0 radical (unpaired) electrons. The molecule has 0 saturated carbocycles. The van der Waals surface area contributed by atoms with Crippen molar-refractivity contribution in [2.75, 3.05) is 7.11 Å². The summed E-state index contributed by atoms with van der Waals surface area (Å²) < 4.78 is 13.1. The zero-order valence-corrected chi connectivity index (χ0v) is 13.4. The highest BCUT2D eigenvalue weighted by Gasteiger charge is 2.30. The molecule has 0 bridgehead atoms. The number of rotatable bonds is 4. The van der Waals surface area contributed by atoms with Crippen molar-refractivity contribution in [3.8, 4) is 11.5 Å². The summed E-state index contributed by atoms with van der Waals surface area (Å²) in [6, 6.07) is 11.6. The van der Waals surface area contributed by atoms with E-state index in [1.807, 2.05) is 30.3 Å². The molecular weight excluding hydrogens is 300 g/mol. The summed E-state index contributed by atoms with van der Waals surface area (Å²) in [7, 11) is 1.64. The van der Waals surface area contributed by atoms with Crippen LogP contribution in [0.25, 0.3) is 20.2 Å². The fourth-order valence-electron chi connectivity index (χ4n) is 2.33. The van der Waals surface area contributed by atoms with Gasteiger partial charge in [0, 0.05) is 10.8 Å². The summed E-state index contributed by atoms with van der Waals surface area (Å²) in [6.45, 7) is 3.09. The largest absolute Gasteiger partial charge is 0.495 e. The van der Waals surface area contributed by atoms with E-state index in [9.17, 15) is 9.90 Å². The first-order valence-corrected chi connectivity index (χ1v) is 7.66. The highest BCUT2D eigenvalue weighted by molar-refractivity contribution is 7.26. The van der Waals surface area contributed by atoms with Gasteiger partial charge in [-0.05, 0) is 26.0 Å². The molecule has 114 valence electrons. The topological polar surface area (TPSA) is 55.8 Å². The lowest BCUT2D eigenvalue weighted by Crippen LogP contribution is -2.37. The van der Waals surface area contributed by atoms with E-state index in [-0.39, 0.29) is 0 Å². The Bertz CT molecular complexity index is 864. The van der Waals surface area contributed by atoms with Crippen molar-refractivity contribution in [3.63, 3.8) is 0 Å². The van der Waals surface area contributed by atoms with Gasteiger partial charge in [-0.2, -0.15) is 0 Å². The second-order valence-electron chi connectivity index (χ2n) is 5.49. The first-order valence-electron chi connectivity index (χ1n) is 6.84. The van der Waals surface area contributed by atoms with Gasteiger partial charge in [0.15, 0.2) is 5.60 Å². The highest BCUT2D eigenvalue weighted by atomic mass is 32.1. The minimum Gasteiger partial charge on any atom is -0.495 e. The van der Waals surface area contributed by atoms with E-state index >= 15 is 0 Å². The number of methoxy groups -OCH3 is 1. The smallest absolute Gasteiger partial charge is 0.347 e. The Kier molecular flexibility index (Phi) is 3.45. The number of benzene rings is 2. The van der Waals surface area contributed by atoms with Crippen molar-refractivity contribution < 1.29 is 19.4 Å². The third kappa shape index (κ3) is 2.27. The number of hydrogen-bond acceptors (Lipinski definition) is 4. The second kappa shape index (κ2) is 5.18. The van der Waals surface area contributed by atoms with E-state index < -0.39 is 11.6 Å². The average Bonchev–Trinajstić information content (AvgIpc) is 2.86. The van der Waals surface area contributed by atoms with Gasteiger partial charge >= 0.3 is 5.97 Å². The fourth-order valence-corrected chi connectivity index (χ4v) is 3.57. The predicted molar refractivity (Wildman–Crippen MR) is 88.2 cm³/mol. The van der Waals surface area contributed by atoms with E-state index in [2.05, 4.69) is 0 Å². The van der Waals surface area contributed by atoms with Gasteiger partial charge in [0.25, 0.3) is 0 Å². The zero-order valence-electron chi connectivity index (χ0n) is 12.5. The number of thiophene rings is 1. The van der Waals surface area contributed by atoms with Crippen LogP contribution < -0.4 is 9.47 Å². The Labute approximate surface area is 131 Å². The summed E-state index contributed by atoms with van der Waals surface area (Å²) in [5.41, 5.74) is -1.28. The van der Waals surface area contributed by atoms with Gasteiger partial charge in [-0.3, -0.25) is 0 Å². The lowest BCUT2D eigenvalue weighted by Gasteiger charge is -2.21. The molecule has 0 aliphatic rings. The van der Waals surface area contributed by atoms with Crippen LogP contribution in [0, 0.1) is 0 Å². The number of carboxylic acid groups (broad SMARTS) is 1. The number of aliphatic carboxylic acids is 1. The summed E-state index contributed by atoms with van der Waals surface area (Å²) in [6.07, 6.45) is 0. The Balaban J connectivity index is 2.23. The van der Waals surface area contributed by atoms with Crippen molar-refractivity contribution in [3.05, 3.63) is 36.4 Å². The Hall–Kier alpha value is -2.27. The number of hydrogen-bond donors (Lipinski definition) is 1. The summed E-state index contributed by atoms with van der Waals surface area (Å²) >= 11 is 1.55. The van der Waals surface area contributed by atoms with Crippen LogP contribution in [0.4, 0.5) is 0 Å². The third-order valence-corrected chi connectivity index (χ3v) is 4.80. The molecule has 0 unspecified atom stereocenters. The van der Waals surface area contributed by atoms with Gasteiger partial charge in [0.2, 0.25) is 0 Å². The Morgan fingerprint density at radius 1 is 1.05 bits per heavy atom. The van der Waals surface area contributed by atoms with Crippen LogP contribution >= 0.6 is 11.3 Å². The molecule has 3 rings (SSSR count). The molecule has 0 aliphatic heterocycles. The van der Waals surface area contributed by atoms with Crippen LogP contribution in [-0.2, 0) is 4.79 Å². The molecule has 2 aromatic carbocycles. The maximum absolute atomic E-state index is 11.3. The van der Waals surface area contributed by atoms with Gasteiger partial charge in [-0.15, -0.1) is 11.3 Å². The highest BCUT2D eigenvalue weighted by Crippen LogP contribution is 2.43. The van der Waals surface area contributed by atoms with Crippen molar-refractivity contribution in [1.82, 2.24) is 0 Å². The first-order chi connectivity index (χ1) is 10.4. The van der Waals surface area contributed by atoms with E-state index in [1.165, 1.54) is 0 Å². The Morgan fingerprint density at radius 2 is 1.59 bits per heavy atom. The minimum atomic E-state index is -1.28. The quantitative estimate of drug-likeness (QED) is 0.779. The number of ether oxygens (including phenoxy) is 2. The van der Waals surface area contributed by atoms with E-state index in [1.54, 1.807) is 38.4 Å². The van der Waals surface area contributed by atoms with Crippen molar-refractivity contribution >= 4 is 37.5 Å². The van der Waals surface area contributed by atoms with Gasteiger partial charge in [-0.1, -0.05) is 24.3 Å². The first kappa shape index (κ1) is 14.7.